The monoisotopic (exact) mass is 404 g/mol. The van der Waals surface area contributed by atoms with E-state index in [9.17, 15) is 4.79 Å². The quantitative estimate of drug-likeness (QED) is 0.384. The minimum atomic E-state index is -0.294. The van der Waals surface area contributed by atoms with Crippen molar-refractivity contribution in [1.29, 1.82) is 0 Å². The molecule has 6 heteroatoms. The van der Waals surface area contributed by atoms with Crippen molar-refractivity contribution in [3.05, 3.63) is 88.7 Å². The number of hydrogen-bond acceptors (Lipinski definition) is 2. The molecule has 29 heavy (non-hydrogen) atoms. The molecule has 3 aromatic carbocycles. The lowest BCUT2D eigenvalue weighted by atomic mass is 10.1. The first-order valence-electron chi connectivity index (χ1n) is 9.43. The number of rotatable bonds is 5. The number of nitrogens with one attached hydrogen (secondary N) is 3. The number of anilines is 2. The van der Waals surface area contributed by atoms with Gasteiger partial charge in [0.1, 0.15) is 5.82 Å². The predicted molar refractivity (Wildman–Crippen MR) is 119 cm³/mol. The average molecular weight is 405 g/mol. The average Bonchev–Trinajstić information content (AvgIpc) is 3.11. The van der Waals surface area contributed by atoms with Gasteiger partial charge < -0.3 is 15.6 Å². The number of carbonyl (C=O) groups excluding carboxylic acids is 1. The maximum Gasteiger partial charge on any atom is 0.323 e. The van der Waals surface area contributed by atoms with Gasteiger partial charge >= 0.3 is 6.03 Å². The van der Waals surface area contributed by atoms with E-state index in [1.165, 1.54) is 11.1 Å². The lowest BCUT2D eigenvalue weighted by Crippen LogP contribution is -2.19. The van der Waals surface area contributed by atoms with Crippen LogP contribution in [-0.2, 0) is 12.8 Å². The lowest BCUT2D eigenvalue weighted by Gasteiger charge is -2.08. The smallest absolute Gasteiger partial charge is 0.323 e. The summed E-state index contributed by atoms with van der Waals surface area (Å²) in [4.78, 5) is 20.1. The normalized spacial score (nSPS) is 10.8. The zero-order valence-electron chi connectivity index (χ0n) is 16.0. The summed E-state index contributed by atoms with van der Waals surface area (Å²) in [7, 11) is 0. The summed E-state index contributed by atoms with van der Waals surface area (Å²) in [6.45, 7) is 2.07. The van der Waals surface area contributed by atoms with Gasteiger partial charge in [0.15, 0.2) is 0 Å². The number of halogens is 1. The van der Waals surface area contributed by atoms with Gasteiger partial charge in [0.2, 0.25) is 0 Å². The van der Waals surface area contributed by atoms with E-state index in [-0.39, 0.29) is 6.03 Å². The minimum absolute atomic E-state index is 0.294. The molecule has 3 N–H and O–H groups in total. The van der Waals surface area contributed by atoms with Crippen LogP contribution in [0.15, 0.2) is 66.7 Å². The van der Waals surface area contributed by atoms with Crippen LogP contribution in [0.4, 0.5) is 16.2 Å². The Balaban J connectivity index is 1.32. The van der Waals surface area contributed by atoms with E-state index in [2.05, 4.69) is 39.7 Å². The number of amides is 2. The molecular formula is C23H21ClN4O. The third-order valence-electron chi connectivity index (χ3n) is 4.65. The fourth-order valence-corrected chi connectivity index (χ4v) is 3.26. The van der Waals surface area contributed by atoms with E-state index in [0.717, 1.165) is 35.4 Å². The van der Waals surface area contributed by atoms with Crippen LogP contribution in [-0.4, -0.2) is 16.0 Å². The molecular weight excluding hydrogens is 384 g/mol. The van der Waals surface area contributed by atoms with Gasteiger partial charge in [0.25, 0.3) is 0 Å². The standard InChI is InChI=1S/C23H21ClN4O/c1-15-2-12-20-21(14-15)28-22(27-20)13-5-16-3-8-18(9-4-16)25-23(29)26-19-10-6-17(24)7-11-19/h2-4,6-12,14H,5,13H2,1H3,(H,27,28)(H2,25,26,29). The summed E-state index contributed by atoms with van der Waals surface area (Å²) in [6, 6.07) is 20.7. The molecule has 4 rings (SSSR count). The van der Waals surface area contributed by atoms with Crippen LogP contribution in [0.2, 0.25) is 5.02 Å². The van der Waals surface area contributed by atoms with E-state index in [1.807, 2.05) is 30.3 Å². The molecule has 0 saturated heterocycles. The van der Waals surface area contributed by atoms with Gasteiger partial charge in [-0.15, -0.1) is 0 Å². The summed E-state index contributed by atoms with van der Waals surface area (Å²) in [5, 5.41) is 6.23. The second kappa shape index (κ2) is 8.37. The molecule has 0 aliphatic carbocycles. The van der Waals surface area contributed by atoms with Crippen LogP contribution in [0.3, 0.4) is 0 Å². The number of aromatic nitrogens is 2. The van der Waals surface area contributed by atoms with Crippen molar-refractivity contribution in [2.45, 2.75) is 19.8 Å². The molecule has 0 aliphatic heterocycles. The molecule has 0 aliphatic rings. The summed E-state index contributed by atoms with van der Waals surface area (Å²) >= 11 is 5.85. The van der Waals surface area contributed by atoms with Crippen LogP contribution >= 0.6 is 11.6 Å². The van der Waals surface area contributed by atoms with E-state index in [0.29, 0.717) is 10.7 Å². The second-order valence-electron chi connectivity index (χ2n) is 6.99. The highest BCUT2D eigenvalue weighted by molar-refractivity contribution is 6.30. The van der Waals surface area contributed by atoms with Crippen LogP contribution < -0.4 is 10.6 Å². The molecule has 1 aromatic heterocycles. The number of hydrogen-bond donors (Lipinski definition) is 3. The SMILES string of the molecule is Cc1ccc2nc(CCc3ccc(NC(=O)Nc4ccc(Cl)cc4)cc3)[nH]c2c1. The van der Waals surface area contributed by atoms with Crippen LogP contribution in [0.1, 0.15) is 17.0 Å². The zero-order chi connectivity index (χ0) is 20.2. The number of aryl methyl sites for hydroxylation is 3. The molecule has 0 unspecified atom stereocenters. The van der Waals surface area contributed by atoms with Gasteiger partial charge in [0, 0.05) is 22.8 Å². The van der Waals surface area contributed by atoms with Crippen molar-refractivity contribution in [1.82, 2.24) is 9.97 Å². The number of carbonyl (C=O) groups is 1. The Labute approximate surface area is 174 Å². The zero-order valence-corrected chi connectivity index (χ0v) is 16.8. The minimum Gasteiger partial charge on any atom is -0.342 e. The predicted octanol–water partition coefficient (Wildman–Crippen LogP) is 5.95. The highest BCUT2D eigenvalue weighted by atomic mass is 35.5. The Kier molecular flexibility index (Phi) is 5.49. The first-order valence-corrected chi connectivity index (χ1v) is 9.81. The molecule has 0 radical (unpaired) electrons. The molecule has 0 fully saturated rings. The van der Waals surface area contributed by atoms with Gasteiger partial charge in [-0.1, -0.05) is 29.8 Å². The number of fused-ring (bicyclic) bond motifs is 1. The fourth-order valence-electron chi connectivity index (χ4n) is 3.14. The van der Waals surface area contributed by atoms with Gasteiger partial charge in [-0.3, -0.25) is 0 Å². The van der Waals surface area contributed by atoms with Crippen molar-refractivity contribution >= 4 is 40.0 Å². The van der Waals surface area contributed by atoms with E-state index < -0.39 is 0 Å². The highest BCUT2D eigenvalue weighted by Crippen LogP contribution is 2.17. The Bertz CT molecular complexity index is 1130. The molecule has 0 saturated carbocycles. The summed E-state index contributed by atoms with van der Waals surface area (Å²) in [6.07, 6.45) is 1.70. The summed E-state index contributed by atoms with van der Waals surface area (Å²) in [5.74, 6) is 0.982. The molecule has 0 spiro atoms. The summed E-state index contributed by atoms with van der Waals surface area (Å²) in [5.41, 5.74) is 5.90. The molecule has 1 heterocycles. The topological polar surface area (TPSA) is 69.8 Å². The van der Waals surface area contributed by atoms with Gasteiger partial charge in [0.05, 0.1) is 11.0 Å². The number of benzene rings is 3. The maximum atomic E-state index is 12.1. The van der Waals surface area contributed by atoms with E-state index in [1.54, 1.807) is 24.3 Å². The molecule has 146 valence electrons. The highest BCUT2D eigenvalue weighted by Gasteiger charge is 2.05. The Morgan fingerprint density at radius 1 is 0.931 bits per heavy atom. The van der Waals surface area contributed by atoms with Gasteiger partial charge in [-0.05, 0) is 73.0 Å². The van der Waals surface area contributed by atoms with Crippen molar-refractivity contribution in [3.63, 3.8) is 0 Å². The number of urea groups is 1. The third kappa shape index (κ3) is 4.95. The second-order valence-corrected chi connectivity index (χ2v) is 7.42. The van der Waals surface area contributed by atoms with Crippen molar-refractivity contribution in [2.75, 3.05) is 10.6 Å². The number of H-pyrrole nitrogens is 1. The first kappa shape index (κ1) is 19.0. The molecule has 2 amide bonds. The fraction of sp³-hybridized carbons (Fsp3) is 0.130. The van der Waals surface area contributed by atoms with Crippen molar-refractivity contribution < 1.29 is 4.79 Å². The molecule has 4 aromatic rings. The first-order chi connectivity index (χ1) is 14.0. The van der Waals surface area contributed by atoms with E-state index in [4.69, 9.17) is 11.6 Å². The van der Waals surface area contributed by atoms with Gasteiger partial charge in [-0.25, -0.2) is 9.78 Å². The van der Waals surface area contributed by atoms with E-state index >= 15 is 0 Å². The van der Waals surface area contributed by atoms with Crippen LogP contribution in [0.25, 0.3) is 11.0 Å². The molecule has 0 bridgehead atoms. The third-order valence-corrected chi connectivity index (χ3v) is 4.90. The Morgan fingerprint density at radius 2 is 1.59 bits per heavy atom. The van der Waals surface area contributed by atoms with Crippen LogP contribution in [0.5, 0.6) is 0 Å². The Hall–Kier alpha value is -3.31. The van der Waals surface area contributed by atoms with Gasteiger partial charge in [-0.2, -0.15) is 0 Å². The lowest BCUT2D eigenvalue weighted by molar-refractivity contribution is 0.262. The number of imidazole rings is 1. The van der Waals surface area contributed by atoms with Crippen molar-refractivity contribution in [3.8, 4) is 0 Å². The van der Waals surface area contributed by atoms with Crippen LogP contribution in [0, 0.1) is 6.92 Å². The number of aromatic amines is 1. The Morgan fingerprint density at radius 3 is 2.28 bits per heavy atom. The number of nitrogens with zero attached hydrogens (tertiary/aromatic N) is 1. The maximum absolute atomic E-state index is 12.1. The molecule has 5 nitrogen and oxygen atoms in total. The molecule has 0 atom stereocenters. The largest absolute Gasteiger partial charge is 0.342 e. The summed E-state index contributed by atoms with van der Waals surface area (Å²) < 4.78 is 0. The van der Waals surface area contributed by atoms with Crippen molar-refractivity contribution in [2.24, 2.45) is 0 Å².